The van der Waals surface area contributed by atoms with E-state index in [2.05, 4.69) is 78.4 Å². The Bertz CT molecular complexity index is 914. The van der Waals surface area contributed by atoms with Gasteiger partial charge in [0.25, 0.3) is 0 Å². The van der Waals surface area contributed by atoms with E-state index in [-0.39, 0.29) is 0 Å². The zero-order chi connectivity index (χ0) is 20.6. The van der Waals surface area contributed by atoms with E-state index in [9.17, 15) is 0 Å². The van der Waals surface area contributed by atoms with Crippen molar-refractivity contribution in [2.45, 2.75) is 46.7 Å². The standard InChI is InChI=1S/C25H29N3S/c1-4-21-9-8-10-22(5-2)24(21)27-25(29)28(18-23-11-6-7-16-26-23)17-20-14-12-19(3)13-15-20/h6-16H,4-5,17-18H2,1-3H3,(H,27,29). The number of nitrogens with one attached hydrogen (secondary N) is 1. The monoisotopic (exact) mass is 403 g/mol. The first-order valence-electron chi connectivity index (χ1n) is 10.2. The molecule has 2 aromatic carbocycles. The van der Waals surface area contributed by atoms with Gasteiger partial charge in [0.2, 0.25) is 0 Å². The van der Waals surface area contributed by atoms with Crippen molar-refractivity contribution in [3.05, 3.63) is 94.8 Å². The molecule has 0 amide bonds. The van der Waals surface area contributed by atoms with E-state index < -0.39 is 0 Å². The molecule has 0 unspecified atom stereocenters. The zero-order valence-corrected chi connectivity index (χ0v) is 18.3. The molecule has 0 fully saturated rings. The van der Waals surface area contributed by atoms with Crippen LogP contribution < -0.4 is 5.32 Å². The van der Waals surface area contributed by atoms with E-state index in [0.717, 1.165) is 35.9 Å². The van der Waals surface area contributed by atoms with Crippen LogP contribution in [0.4, 0.5) is 5.69 Å². The van der Waals surface area contributed by atoms with Crippen LogP contribution in [0.3, 0.4) is 0 Å². The Hall–Kier alpha value is -2.72. The summed E-state index contributed by atoms with van der Waals surface area (Å²) in [5.41, 5.74) is 7.23. The number of rotatable bonds is 7. The number of pyridine rings is 1. The van der Waals surface area contributed by atoms with Gasteiger partial charge in [-0.1, -0.05) is 67.9 Å². The number of nitrogens with zero attached hydrogens (tertiary/aromatic N) is 2. The van der Waals surface area contributed by atoms with E-state index in [1.807, 2.05) is 24.4 Å². The van der Waals surface area contributed by atoms with Crippen LogP contribution in [0.5, 0.6) is 0 Å². The highest BCUT2D eigenvalue weighted by atomic mass is 32.1. The van der Waals surface area contributed by atoms with Gasteiger partial charge < -0.3 is 10.2 Å². The van der Waals surface area contributed by atoms with E-state index in [1.54, 1.807) is 0 Å². The molecule has 0 spiro atoms. The van der Waals surface area contributed by atoms with E-state index >= 15 is 0 Å². The van der Waals surface area contributed by atoms with Crippen LogP contribution in [0.25, 0.3) is 0 Å². The second-order valence-electron chi connectivity index (χ2n) is 7.25. The topological polar surface area (TPSA) is 28.2 Å². The molecule has 29 heavy (non-hydrogen) atoms. The Labute approximate surface area is 179 Å². The number of anilines is 1. The first kappa shape index (κ1) is 21.0. The maximum atomic E-state index is 5.88. The van der Waals surface area contributed by atoms with Crippen LogP contribution in [0.2, 0.25) is 0 Å². The van der Waals surface area contributed by atoms with Crippen molar-refractivity contribution in [3.63, 3.8) is 0 Å². The largest absolute Gasteiger partial charge is 0.339 e. The number of hydrogen-bond donors (Lipinski definition) is 1. The first-order chi connectivity index (χ1) is 14.1. The molecule has 0 aliphatic heterocycles. The molecule has 1 aromatic heterocycles. The van der Waals surface area contributed by atoms with Gasteiger partial charge in [0.05, 0.1) is 12.2 Å². The Balaban J connectivity index is 1.86. The average Bonchev–Trinajstić information content (AvgIpc) is 2.75. The number of para-hydroxylation sites is 1. The molecule has 3 nitrogen and oxygen atoms in total. The second kappa shape index (κ2) is 10.2. The molecule has 4 heteroatoms. The van der Waals surface area contributed by atoms with Crippen LogP contribution in [0, 0.1) is 6.92 Å². The highest BCUT2D eigenvalue weighted by Gasteiger charge is 2.15. The minimum atomic E-state index is 0.663. The van der Waals surface area contributed by atoms with Crippen LogP contribution in [-0.4, -0.2) is 15.0 Å². The first-order valence-corrected chi connectivity index (χ1v) is 10.6. The van der Waals surface area contributed by atoms with Gasteiger partial charge in [0.1, 0.15) is 0 Å². The van der Waals surface area contributed by atoms with Gasteiger partial charge in [-0.3, -0.25) is 4.98 Å². The third-order valence-electron chi connectivity index (χ3n) is 5.09. The minimum Gasteiger partial charge on any atom is -0.339 e. The third-order valence-corrected chi connectivity index (χ3v) is 5.45. The van der Waals surface area contributed by atoms with Crippen molar-refractivity contribution < 1.29 is 0 Å². The predicted octanol–water partition coefficient (Wildman–Crippen LogP) is 5.91. The molecular formula is C25H29N3S. The lowest BCUT2D eigenvalue weighted by Gasteiger charge is -2.27. The summed E-state index contributed by atoms with van der Waals surface area (Å²) in [4.78, 5) is 6.69. The molecule has 0 bridgehead atoms. The lowest BCUT2D eigenvalue weighted by Crippen LogP contribution is -2.34. The van der Waals surface area contributed by atoms with Gasteiger partial charge in [-0.25, -0.2) is 0 Å². The zero-order valence-electron chi connectivity index (χ0n) is 17.5. The summed E-state index contributed by atoms with van der Waals surface area (Å²) in [6.45, 7) is 7.87. The van der Waals surface area contributed by atoms with E-state index in [1.165, 1.54) is 22.3 Å². The van der Waals surface area contributed by atoms with Crippen molar-refractivity contribution in [2.24, 2.45) is 0 Å². The number of hydrogen-bond acceptors (Lipinski definition) is 2. The Kier molecular flexibility index (Phi) is 7.36. The van der Waals surface area contributed by atoms with Gasteiger partial charge in [-0.05, 0) is 60.8 Å². The second-order valence-corrected chi connectivity index (χ2v) is 7.64. The maximum Gasteiger partial charge on any atom is 0.174 e. The van der Waals surface area contributed by atoms with Crippen molar-refractivity contribution in [3.8, 4) is 0 Å². The van der Waals surface area contributed by atoms with E-state index in [4.69, 9.17) is 12.2 Å². The maximum absolute atomic E-state index is 5.88. The SMILES string of the molecule is CCc1cccc(CC)c1NC(=S)N(Cc1ccc(C)cc1)Cc1ccccn1. The van der Waals surface area contributed by atoms with Crippen molar-refractivity contribution in [1.82, 2.24) is 9.88 Å². The molecule has 0 atom stereocenters. The smallest absolute Gasteiger partial charge is 0.174 e. The van der Waals surface area contributed by atoms with Crippen LogP contribution in [-0.2, 0) is 25.9 Å². The van der Waals surface area contributed by atoms with Crippen molar-refractivity contribution >= 4 is 23.0 Å². The van der Waals surface area contributed by atoms with Gasteiger partial charge in [-0.2, -0.15) is 0 Å². The number of aryl methyl sites for hydroxylation is 3. The lowest BCUT2D eigenvalue weighted by atomic mass is 10.0. The summed E-state index contributed by atoms with van der Waals surface area (Å²) in [6, 6.07) is 21.1. The fraction of sp³-hybridized carbons (Fsp3) is 0.280. The molecule has 1 heterocycles. The van der Waals surface area contributed by atoms with Gasteiger partial charge in [0.15, 0.2) is 5.11 Å². The third kappa shape index (κ3) is 5.64. The highest BCUT2D eigenvalue weighted by molar-refractivity contribution is 7.80. The molecule has 1 N–H and O–H groups in total. The van der Waals surface area contributed by atoms with Crippen LogP contribution in [0.1, 0.15) is 41.8 Å². The van der Waals surface area contributed by atoms with Crippen LogP contribution >= 0.6 is 12.2 Å². The average molecular weight is 404 g/mol. The Morgan fingerprint density at radius 1 is 0.897 bits per heavy atom. The molecule has 0 radical (unpaired) electrons. The number of aromatic nitrogens is 1. The van der Waals surface area contributed by atoms with Gasteiger partial charge in [0, 0.05) is 18.4 Å². The fourth-order valence-electron chi connectivity index (χ4n) is 3.39. The van der Waals surface area contributed by atoms with Crippen molar-refractivity contribution in [1.29, 1.82) is 0 Å². The molecule has 0 aliphatic rings. The Morgan fingerprint density at radius 2 is 1.59 bits per heavy atom. The summed E-state index contributed by atoms with van der Waals surface area (Å²) in [5, 5.41) is 4.29. The molecule has 3 rings (SSSR count). The summed E-state index contributed by atoms with van der Waals surface area (Å²) < 4.78 is 0. The Morgan fingerprint density at radius 3 is 2.17 bits per heavy atom. The number of benzene rings is 2. The van der Waals surface area contributed by atoms with Crippen LogP contribution in [0.15, 0.2) is 66.9 Å². The fourth-order valence-corrected chi connectivity index (χ4v) is 3.62. The van der Waals surface area contributed by atoms with E-state index in [0.29, 0.717) is 6.54 Å². The van der Waals surface area contributed by atoms with Gasteiger partial charge in [-0.15, -0.1) is 0 Å². The summed E-state index contributed by atoms with van der Waals surface area (Å²) in [6.07, 6.45) is 3.77. The lowest BCUT2D eigenvalue weighted by molar-refractivity contribution is 0.407. The highest BCUT2D eigenvalue weighted by Crippen LogP contribution is 2.24. The summed E-state index contributed by atoms with van der Waals surface area (Å²) >= 11 is 5.88. The summed E-state index contributed by atoms with van der Waals surface area (Å²) in [5.74, 6) is 0. The quantitative estimate of drug-likeness (QED) is 0.496. The molecule has 150 valence electrons. The van der Waals surface area contributed by atoms with Gasteiger partial charge >= 0.3 is 0 Å². The molecular weight excluding hydrogens is 374 g/mol. The molecule has 0 saturated carbocycles. The minimum absolute atomic E-state index is 0.663. The predicted molar refractivity (Wildman–Crippen MR) is 126 cm³/mol. The summed E-state index contributed by atoms with van der Waals surface area (Å²) in [7, 11) is 0. The molecule has 0 aliphatic carbocycles. The van der Waals surface area contributed by atoms with Crippen molar-refractivity contribution in [2.75, 3.05) is 5.32 Å². The molecule has 3 aromatic rings. The number of thiocarbonyl (C=S) groups is 1. The molecule has 0 saturated heterocycles. The normalized spacial score (nSPS) is 10.6.